The fourth-order valence-corrected chi connectivity index (χ4v) is 1.50. The van der Waals surface area contributed by atoms with Gasteiger partial charge < -0.3 is 20.5 Å². The van der Waals surface area contributed by atoms with Crippen molar-refractivity contribution < 1.29 is 19.2 Å². The van der Waals surface area contributed by atoms with Crippen molar-refractivity contribution in [1.29, 1.82) is 0 Å². The standard InChI is InChI=1S/C12H8FN3O4/c13-10-5-7(1-3-9(10)12(17)18)15-8-2-4-11(14-6-8)16(19)20/h1-6,15H,(H,17,18). The summed E-state index contributed by atoms with van der Waals surface area (Å²) in [4.78, 5) is 24.1. The highest BCUT2D eigenvalue weighted by atomic mass is 19.1. The SMILES string of the molecule is O=C(O)c1ccc(Nc2ccc([N+](=O)[O-])nc2)cc1F. The van der Waals surface area contributed by atoms with Gasteiger partial charge in [-0.15, -0.1) is 0 Å². The number of aromatic carboxylic acids is 1. The number of carboxylic acid groups (broad SMARTS) is 1. The highest BCUT2D eigenvalue weighted by molar-refractivity contribution is 5.88. The van der Waals surface area contributed by atoms with Crippen LogP contribution in [0.25, 0.3) is 0 Å². The molecule has 20 heavy (non-hydrogen) atoms. The van der Waals surface area contributed by atoms with Crippen molar-refractivity contribution in [2.24, 2.45) is 0 Å². The van der Waals surface area contributed by atoms with Gasteiger partial charge in [0.2, 0.25) is 0 Å². The van der Waals surface area contributed by atoms with E-state index in [1.165, 1.54) is 24.4 Å². The zero-order chi connectivity index (χ0) is 14.7. The predicted octanol–water partition coefficient (Wildman–Crippen LogP) is 2.57. The number of rotatable bonds is 4. The molecule has 102 valence electrons. The van der Waals surface area contributed by atoms with E-state index in [1.807, 2.05) is 0 Å². The van der Waals surface area contributed by atoms with E-state index >= 15 is 0 Å². The Kier molecular flexibility index (Phi) is 3.56. The van der Waals surface area contributed by atoms with Crippen molar-refractivity contribution in [3.8, 4) is 0 Å². The molecule has 8 heteroatoms. The highest BCUT2D eigenvalue weighted by Crippen LogP contribution is 2.20. The fraction of sp³-hybridized carbons (Fsp3) is 0. The summed E-state index contributed by atoms with van der Waals surface area (Å²) in [7, 11) is 0. The predicted molar refractivity (Wildman–Crippen MR) is 67.5 cm³/mol. The van der Waals surface area contributed by atoms with Gasteiger partial charge in [-0.05, 0) is 34.2 Å². The van der Waals surface area contributed by atoms with E-state index in [0.29, 0.717) is 11.4 Å². The van der Waals surface area contributed by atoms with Gasteiger partial charge >= 0.3 is 11.8 Å². The van der Waals surface area contributed by atoms with Gasteiger partial charge in [-0.2, -0.15) is 0 Å². The first kappa shape index (κ1) is 13.4. The summed E-state index contributed by atoms with van der Waals surface area (Å²) in [6.07, 6.45) is 1.22. The first-order chi connectivity index (χ1) is 9.47. The van der Waals surface area contributed by atoms with Crippen molar-refractivity contribution in [3.63, 3.8) is 0 Å². The molecule has 0 spiro atoms. The molecule has 0 aliphatic rings. The third kappa shape index (κ3) is 2.86. The van der Waals surface area contributed by atoms with E-state index < -0.39 is 22.3 Å². The van der Waals surface area contributed by atoms with Gasteiger partial charge in [-0.3, -0.25) is 0 Å². The van der Waals surface area contributed by atoms with Gasteiger partial charge in [-0.25, -0.2) is 9.18 Å². The molecule has 2 N–H and O–H groups in total. The number of carboxylic acids is 1. The van der Waals surface area contributed by atoms with Crippen molar-refractivity contribution in [2.75, 3.05) is 5.32 Å². The van der Waals surface area contributed by atoms with E-state index in [1.54, 1.807) is 0 Å². The number of nitrogens with one attached hydrogen (secondary N) is 1. The summed E-state index contributed by atoms with van der Waals surface area (Å²) >= 11 is 0. The second-order valence-corrected chi connectivity index (χ2v) is 3.79. The Morgan fingerprint density at radius 2 is 2.00 bits per heavy atom. The molecule has 0 unspecified atom stereocenters. The second-order valence-electron chi connectivity index (χ2n) is 3.79. The summed E-state index contributed by atoms with van der Waals surface area (Å²) in [6, 6.07) is 6.14. The topological polar surface area (TPSA) is 105 Å². The molecule has 1 aromatic heterocycles. The van der Waals surface area contributed by atoms with Crippen molar-refractivity contribution in [3.05, 3.63) is 58.0 Å². The molecule has 0 amide bonds. The first-order valence-electron chi connectivity index (χ1n) is 5.37. The number of benzene rings is 1. The lowest BCUT2D eigenvalue weighted by Gasteiger charge is -2.06. The van der Waals surface area contributed by atoms with Crippen LogP contribution in [-0.2, 0) is 0 Å². The van der Waals surface area contributed by atoms with Gasteiger partial charge in [0.05, 0.1) is 11.3 Å². The maximum atomic E-state index is 13.4. The number of hydrogen-bond donors (Lipinski definition) is 2. The lowest BCUT2D eigenvalue weighted by Crippen LogP contribution is -2.01. The van der Waals surface area contributed by atoms with E-state index in [9.17, 15) is 19.3 Å². The van der Waals surface area contributed by atoms with Crippen LogP contribution in [0.5, 0.6) is 0 Å². The minimum absolute atomic E-state index is 0.303. The molecule has 0 aliphatic carbocycles. The molecular formula is C12H8FN3O4. The van der Waals surface area contributed by atoms with Crippen LogP contribution in [-0.4, -0.2) is 21.0 Å². The average Bonchev–Trinajstić information content (AvgIpc) is 2.39. The summed E-state index contributed by atoms with van der Waals surface area (Å²) in [5, 5.41) is 21.9. The third-order valence-electron chi connectivity index (χ3n) is 2.42. The van der Waals surface area contributed by atoms with E-state index in [0.717, 1.165) is 12.1 Å². The maximum Gasteiger partial charge on any atom is 0.363 e. The van der Waals surface area contributed by atoms with Gasteiger partial charge in [-0.1, -0.05) is 0 Å². The van der Waals surface area contributed by atoms with Crippen LogP contribution in [0.1, 0.15) is 10.4 Å². The van der Waals surface area contributed by atoms with Crippen LogP contribution < -0.4 is 5.32 Å². The van der Waals surface area contributed by atoms with Gasteiger partial charge in [0.1, 0.15) is 5.82 Å². The van der Waals surface area contributed by atoms with E-state index in [-0.39, 0.29) is 5.82 Å². The van der Waals surface area contributed by atoms with E-state index in [4.69, 9.17) is 5.11 Å². The van der Waals surface area contributed by atoms with Crippen molar-refractivity contribution >= 4 is 23.2 Å². The summed E-state index contributed by atoms with van der Waals surface area (Å²) < 4.78 is 13.4. The fourth-order valence-electron chi connectivity index (χ4n) is 1.50. The zero-order valence-corrected chi connectivity index (χ0v) is 9.91. The average molecular weight is 277 g/mol. The van der Waals surface area contributed by atoms with Crippen LogP contribution in [0.3, 0.4) is 0 Å². The minimum Gasteiger partial charge on any atom is -0.478 e. The molecule has 1 aromatic carbocycles. The molecular weight excluding hydrogens is 269 g/mol. The zero-order valence-electron chi connectivity index (χ0n) is 9.91. The summed E-state index contributed by atoms with van der Waals surface area (Å²) in [5.41, 5.74) is 0.290. The Hall–Kier alpha value is -3.03. The number of halogens is 1. The Labute approximate surface area is 111 Å². The Bertz CT molecular complexity index is 673. The Morgan fingerprint density at radius 3 is 2.50 bits per heavy atom. The minimum atomic E-state index is -1.36. The van der Waals surface area contributed by atoms with Crippen molar-refractivity contribution in [1.82, 2.24) is 4.98 Å². The molecule has 2 aromatic rings. The van der Waals surface area contributed by atoms with Gasteiger partial charge in [0.15, 0.2) is 6.20 Å². The van der Waals surface area contributed by atoms with Gasteiger partial charge in [0.25, 0.3) is 0 Å². The summed E-state index contributed by atoms with van der Waals surface area (Å²) in [6.45, 7) is 0. The molecule has 2 rings (SSSR count). The normalized spacial score (nSPS) is 10.1. The molecule has 0 bridgehead atoms. The number of nitro groups is 1. The van der Waals surface area contributed by atoms with Crippen molar-refractivity contribution in [2.45, 2.75) is 0 Å². The molecule has 0 aliphatic heterocycles. The lowest BCUT2D eigenvalue weighted by atomic mass is 10.2. The largest absolute Gasteiger partial charge is 0.478 e. The molecule has 0 fully saturated rings. The number of pyridine rings is 1. The number of hydrogen-bond acceptors (Lipinski definition) is 5. The number of nitrogens with zero attached hydrogens (tertiary/aromatic N) is 2. The molecule has 1 heterocycles. The molecule has 0 atom stereocenters. The van der Waals surface area contributed by atoms with Crippen LogP contribution in [0.4, 0.5) is 21.6 Å². The number of anilines is 2. The molecule has 0 saturated carbocycles. The smallest absolute Gasteiger partial charge is 0.363 e. The Morgan fingerprint density at radius 1 is 1.30 bits per heavy atom. The highest BCUT2D eigenvalue weighted by Gasteiger charge is 2.11. The van der Waals surface area contributed by atoms with Crippen LogP contribution in [0, 0.1) is 15.9 Å². The lowest BCUT2D eigenvalue weighted by molar-refractivity contribution is -0.389. The Balaban J connectivity index is 2.19. The summed E-state index contributed by atoms with van der Waals surface area (Å²) in [5.74, 6) is -2.54. The van der Waals surface area contributed by atoms with Gasteiger partial charge in [0, 0.05) is 11.8 Å². The molecule has 0 saturated heterocycles. The molecule has 0 radical (unpaired) electrons. The number of carbonyl (C=O) groups is 1. The van der Waals surface area contributed by atoms with Crippen LogP contribution in [0.2, 0.25) is 0 Å². The second kappa shape index (κ2) is 5.31. The maximum absolute atomic E-state index is 13.4. The third-order valence-corrected chi connectivity index (χ3v) is 2.42. The quantitative estimate of drug-likeness (QED) is 0.657. The monoisotopic (exact) mass is 277 g/mol. The number of aromatic nitrogens is 1. The van der Waals surface area contributed by atoms with E-state index in [2.05, 4.69) is 10.3 Å². The molecule has 7 nitrogen and oxygen atoms in total. The first-order valence-corrected chi connectivity index (χ1v) is 5.37. The van der Waals surface area contributed by atoms with Crippen LogP contribution >= 0.6 is 0 Å². The van der Waals surface area contributed by atoms with Crippen LogP contribution in [0.15, 0.2) is 36.5 Å².